The highest BCUT2D eigenvalue weighted by molar-refractivity contribution is 7.25. The first kappa shape index (κ1) is 39.2. The summed E-state index contributed by atoms with van der Waals surface area (Å²) < 4.78 is 91.1. The Morgan fingerprint density at radius 3 is 1.54 bits per heavy atom. The molecule has 0 bridgehead atoms. The summed E-state index contributed by atoms with van der Waals surface area (Å²) in [5, 5.41) is 3.18. The van der Waals surface area contributed by atoms with Crippen LogP contribution in [0.4, 0.5) is 43.4 Å². The van der Waals surface area contributed by atoms with Crippen LogP contribution >= 0.6 is 11.3 Å². The van der Waals surface area contributed by atoms with Gasteiger partial charge in [-0.05, 0) is 89.0 Å². The van der Waals surface area contributed by atoms with Gasteiger partial charge in [0.25, 0.3) is 0 Å². The minimum atomic E-state index is -2.54. The van der Waals surface area contributed by atoms with Crippen LogP contribution in [0.5, 0.6) is 0 Å². The Kier molecular flexibility index (Phi) is 10.8. The second-order valence-corrected chi connectivity index (χ2v) is 15.2. The highest BCUT2D eigenvalue weighted by Gasteiger charge is 2.22. The van der Waals surface area contributed by atoms with E-state index in [-0.39, 0.29) is 0 Å². The maximum Gasteiger partial charge on any atom is 0.342 e. The van der Waals surface area contributed by atoms with Gasteiger partial charge in [0.15, 0.2) is 0 Å². The van der Waals surface area contributed by atoms with Gasteiger partial charge in [0.2, 0.25) is 0 Å². The fourth-order valence-corrected chi connectivity index (χ4v) is 8.71. The summed E-state index contributed by atoms with van der Waals surface area (Å²) in [6.45, 7) is -0.819. The van der Waals surface area contributed by atoms with Crippen molar-refractivity contribution in [2.45, 2.75) is 13.2 Å². The van der Waals surface area contributed by atoms with Crippen molar-refractivity contribution in [3.8, 4) is 28.1 Å². The fourth-order valence-electron chi connectivity index (χ4n) is 7.64. The van der Waals surface area contributed by atoms with E-state index in [9.17, 15) is 26.3 Å². The number of fused-ring (bicyclic) bond motifs is 4. The van der Waals surface area contributed by atoms with Crippen molar-refractivity contribution < 1.29 is 35.8 Å². The van der Waals surface area contributed by atoms with Crippen molar-refractivity contribution in [2.24, 2.45) is 0 Å². The Hall–Kier alpha value is -7.24. The first-order chi connectivity index (χ1) is 29.7. The van der Waals surface area contributed by atoms with Crippen molar-refractivity contribution in [1.82, 2.24) is 4.57 Å². The molecule has 4 nitrogen and oxygen atoms in total. The molecule has 0 radical (unpaired) electrons. The first-order valence-electron chi connectivity index (χ1n) is 19.1. The Labute approximate surface area is 350 Å². The molecule has 0 aliphatic heterocycles. The lowest BCUT2D eigenvalue weighted by atomic mass is 9.98. The average Bonchev–Trinajstić information content (AvgIpc) is 3.84. The Bertz CT molecular complexity index is 3010. The molecule has 2 aromatic heterocycles. The van der Waals surface area contributed by atoms with Crippen LogP contribution in [0.2, 0.25) is 0 Å². The maximum absolute atomic E-state index is 13.4. The molecule has 0 saturated carbocycles. The summed E-state index contributed by atoms with van der Waals surface area (Å²) in [7, 11) is 0. The molecule has 0 aliphatic rings. The third-order valence-electron chi connectivity index (χ3n) is 10.4. The van der Waals surface area contributed by atoms with E-state index in [0.717, 1.165) is 64.8 Å². The Morgan fingerprint density at radius 1 is 0.475 bits per heavy atom. The van der Waals surface area contributed by atoms with Gasteiger partial charge in [-0.15, -0.1) is 11.3 Å². The van der Waals surface area contributed by atoms with E-state index in [1.54, 1.807) is 59.9 Å². The first-order valence-corrected chi connectivity index (χ1v) is 19.9. The summed E-state index contributed by atoms with van der Waals surface area (Å²) in [6.07, 6.45) is -5.08. The van der Waals surface area contributed by atoms with Crippen molar-refractivity contribution in [3.63, 3.8) is 0 Å². The quantitative estimate of drug-likeness (QED) is 0.0906. The SMILES string of the molecule is FC(F)=C(F)OCc1ccc(N(c2ccc(COC(F)=C(F)F)cc2)c2ccc3sc4ccc(-n5c(-c6ccccc6)c(-c6ccccc6)c6ccccc65)cc4c3c2)cc1. The van der Waals surface area contributed by atoms with Crippen LogP contribution in [0.1, 0.15) is 11.1 Å². The van der Waals surface area contributed by atoms with E-state index in [1.165, 1.54) is 0 Å². The monoisotopic (exact) mass is 838 g/mol. The number of halogens is 6. The van der Waals surface area contributed by atoms with Crippen LogP contribution in [-0.4, -0.2) is 4.57 Å². The van der Waals surface area contributed by atoms with Crippen LogP contribution in [0.3, 0.4) is 0 Å². The minimum absolute atomic E-state index is 0.409. The number of hydrogen-bond donors (Lipinski definition) is 0. The Balaban J connectivity index is 1.17. The van der Waals surface area contributed by atoms with Crippen molar-refractivity contribution in [1.29, 1.82) is 0 Å². The van der Waals surface area contributed by atoms with Gasteiger partial charge in [0.1, 0.15) is 13.2 Å². The van der Waals surface area contributed by atoms with E-state index in [4.69, 9.17) is 0 Å². The van der Waals surface area contributed by atoms with Crippen LogP contribution in [0.25, 0.3) is 59.1 Å². The van der Waals surface area contributed by atoms with Crippen molar-refractivity contribution in [2.75, 3.05) is 4.90 Å². The van der Waals surface area contributed by atoms with Crippen LogP contribution in [0, 0.1) is 0 Å². The molecule has 9 rings (SSSR count). The second kappa shape index (κ2) is 16.8. The molecule has 0 spiro atoms. The molecule has 2 heterocycles. The molecule has 0 amide bonds. The van der Waals surface area contributed by atoms with E-state index in [2.05, 4.69) is 105 Å². The molecule has 0 unspecified atom stereocenters. The van der Waals surface area contributed by atoms with Gasteiger partial charge in [-0.1, -0.05) is 103 Å². The number of thiophene rings is 1. The van der Waals surface area contributed by atoms with Gasteiger partial charge in [0.05, 0.1) is 11.2 Å². The third-order valence-corrected chi connectivity index (χ3v) is 11.5. The molecule has 302 valence electrons. The number of para-hydroxylation sites is 1. The van der Waals surface area contributed by atoms with Gasteiger partial charge < -0.3 is 18.9 Å². The minimum Gasteiger partial charge on any atom is -0.462 e. The number of ether oxygens (including phenoxy) is 2. The Morgan fingerprint density at radius 2 is 0.967 bits per heavy atom. The largest absolute Gasteiger partial charge is 0.462 e. The van der Waals surface area contributed by atoms with E-state index in [0.29, 0.717) is 22.5 Å². The topological polar surface area (TPSA) is 26.6 Å². The molecule has 0 atom stereocenters. The fraction of sp³-hybridized carbons (Fsp3) is 0.0400. The number of nitrogens with zero attached hydrogens (tertiary/aromatic N) is 2. The van der Waals surface area contributed by atoms with Gasteiger partial charge in [-0.25, -0.2) is 0 Å². The highest BCUT2D eigenvalue weighted by atomic mass is 32.1. The lowest BCUT2D eigenvalue weighted by Gasteiger charge is -2.26. The number of rotatable bonds is 12. The third kappa shape index (κ3) is 7.83. The van der Waals surface area contributed by atoms with Gasteiger partial charge in [-0.3, -0.25) is 0 Å². The zero-order valence-corrected chi connectivity index (χ0v) is 32.8. The second-order valence-electron chi connectivity index (χ2n) is 14.1. The summed E-state index contributed by atoms with van der Waals surface area (Å²) in [4.78, 5) is 1.96. The average molecular weight is 839 g/mol. The number of anilines is 3. The van der Waals surface area contributed by atoms with Gasteiger partial charge >= 0.3 is 24.2 Å². The number of aromatic nitrogens is 1. The number of hydrogen-bond acceptors (Lipinski definition) is 4. The van der Waals surface area contributed by atoms with Crippen LogP contribution in [-0.2, 0) is 22.7 Å². The van der Waals surface area contributed by atoms with Crippen molar-refractivity contribution >= 4 is 59.5 Å². The van der Waals surface area contributed by atoms with Gasteiger partial charge in [0, 0.05) is 53.9 Å². The summed E-state index contributed by atoms with van der Waals surface area (Å²) in [5.74, 6) is 0. The summed E-state index contributed by atoms with van der Waals surface area (Å²) in [6, 6.07) is 51.6. The predicted molar refractivity (Wildman–Crippen MR) is 232 cm³/mol. The van der Waals surface area contributed by atoms with Crippen LogP contribution in [0.15, 0.2) is 194 Å². The molecule has 11 heteroatoms. The molecule has 0 saturated heterocycles. The smallest absolute Gasteiger partial charge is 0.342 e. The molecular weight excluding hydrogens is 807 g/mol. The summed E-state index contributed by atoms with van der Waals surface area (Å²) in [5.41, 5.74) is 9.48. The molecule has 61 heavy (non-hydrogen) atoms. The van der Waals surface area contributed by atoms with E-state index >= 15 is 0 Å². The summed E-state index contributed by atoms with van der Waals surface area (Å²) >= 11 is 1.68. The zero-order chi connectivity index (χ0) is 42.0. The van der Waals surface area contributed by atoms with Gasteiger partial charge in [-0.2, -0.15) is 26.3 Å². The molecular formula is C50H32F6N2O2S. The number of benzene rings is 7. The molecule has 0 fully saturated rings. The molecule has 0 N–H and O–H groups in total. The highest BCUT2D eigenvalue weighted by Crippen LogP contribution is 2.45. The van der Waals surface area contributed by atoms with E-state index < -0.39 is 37.4 Å². The molecule has 7 aromatic carbocycles. The standard InChI is InChI=1S/C50H32F6N2O2S/c51-47(52)49(55)59-29-31-15-19-35(20-16-31)57(36-21-17-32(18-22-36)30-60-50(56)48(53)54)37-23-25-43-40(27-37)41-28-38(24-26-44(41)61-43)58-42-14-8-7-13-39(42)45(33-9-3-1-4-10-33)46(58)34-11-5-2-6-12-34/h1-28H,29-30H2. The predicted octanol–water partition coefficient (Wildman–Crippen LogP) is 15.9. The van der Waals surface area contributed by atoms with Crippen LogP contribution < -0.4 is 4.90 Å². The van der Waals surface area contributed by atoms with E-state index in [1.807, 2.05) is 35.2 Å². The lowest BCUT2D eigenvalue weighted by molar-refractivity contribution is 0.108. The zero-order valence-electron chi connectivity index (χ0n) is 32.0. The lowest BCUT2D eigenvalue weighted by Crippen LogP contribution is -2.10. The normalized spacial score (nSPS) is 11.2. The molecule has 0 aliphatic carbocycles. The van der Waals surface area contributed by atoms with Crippen molar-refractivity contribution in [3.05, 3.63) is 205 Å². The maximum atomic E-state index is 13.4. The molecule has 9 aromatic rings.